The summed E-state index contributed by atoms with van der Waals surface area (Å²) in [6, 6.07) is 5.92. The van der Waals surface area contributed by atoms with E-state index in [9.17, 15) is 4.79 Å². The molecule has 2 N–H and O–H groups in total. The van der Waals surface area contributed by atoms with Crippen LogP contribution in [0, 0.1) is 6.92 Å². The average molecular weight is 225 g/mol. The normalized spacial score (nSPS) is 10.0. The molecule has 0 unspecified atom stereocenters. The fourth-order valence-electron chi connectivity index (χ4n) is 1.15. The highest BCUT2D eigenvalue weighted by molar-refractivity contribution is 7.99. The Morgan fingerprint density at radius 3 is 2.87 bits per heavy atom. The topological polar surface area (TPSA) is 52.3 Å². The summed E-state index contributed by atoms with van der Waals surface area (Å²) < 4.78 is 4.55. The van der Waals surface area contributed by atoms with Crippen LogP contribution in [0.1, 0.15) is 12.0 Å². The summed E-state index contributed by atoms with van der Waals surface area (Å²) in [5, 5.41) is 0. The van der Waals surface area contributed by atoms with Crippen LogP contribution in [0.15, 0.2) is 23.1 Å². The number of carbonyl (C=O) groups excluding carboxylic acids is 1. The zero-order valence-electron chi connectivity index (χ0n) is 8.95. The summed E-state index contributed by atoms with van der Waals surface area (Å²) in [5.41, 5.74) is 7.75. The van der Waals surface area contributed by atoms with E-state index >= 15 is 0 Å². The van der Waals surface area contributed by atoms with Gasteiger partial charge in [0.15, 0.2) is 0 Å². The maximum atomic E-state index is 10.9. The molecular formula is C11H15NO2S. The Labute approximate surface area is 94.0 Å². The molecule has 1 aromatic rings. The minimum absolute atomic E-state index is 0.187. The van der Waals surface area contributed by atoms with Gasteiger partial charge in [-0.05, 0) is 24.6 Å². The first-order valence-corrected chi connectivity index (χ1v) is 5.68. The molecule has 3 nitrogen and oxygen atoms in total. The van der Waals surface area contributed by atoms with Crippen molar-refractivity contribution in [1.82, 2.24) is 0 Å². The fraction of sp³-hybridized carbons (Fsp3) is 0.364. The summed E-state index contributed by atoms with van der Waals surface area (Å²) in [4.78, 5) is 11.9. The Morgan fingerprint density at radius 2 is 2.27 bits per heavy atom. The monoisotopic (exact) mass is 225 g/mol. The standard InChI is InChI=1S/C11H15NO2S/c1-8-3-4-10(9(12)7-8)15-6-5-11(13)14-2/h3-4,7H,5-6,12H2,1-2H3. The maximum absolute atomic E-state index is 10.9. The predicted octanol–water partition coefficient (Wildman–Crippen LogP) is 2.23. The molecule has 0 aliphatic carbocycles. The van der Waals surface area contributed by atoms with Crippen LogP contribution in [0.2, 0.25) is 0 Å². The van der Waals surface area contributed by atoms with Gasteiger partial charge < -0.3 is 10.5 Å². The molecule has 0 aliphatic rings. The molecule has 0 amide bonds. The van der Waals surface area contributed by atoms with Gasteiger partial charge in [0.05, 0.1) is 13.5 Å². The van der Waals surface area contributed by atoms with Gasteiger partial charge in [-0.3, -0.25) is 4.79 Å². The van der Waals surface area contributed by atoms with E-state index in [0.717, 1.165) is 16.1 Å². The van der Waals surface area contributed by atoms with Gasteiger partial charge in [-0.25, -0.2) is 0 Å². The number of anilines is 1. The minimum Gasteiger partial charge on any atom is -0.469 e. The second-order valence-electron chi connectivity index (χ2n) is 3.22. The first kappa shape index (κ1) is 11.9. The zero-order valence-corrected chi connectivity index (χ0v) is 9.76. The Hall–Kier alpha value is -1.16. The summed E-state index contributed by atoms with van der Waals surface area (Å²) in [7, 11) is 1.40. The van der Waals surface area contributed by atoms with Crippen LogP contribution in [-0.4, -0.2) is 18.8 Å². The molecule has 0 heterocycles. The molecule has 0 bridgehead atoms. The van der Waals surface area contributed by atoms with Crippen LogP contribution in [-0.2, 0) is 9.53 Å². The van der Waals surface area contributed by atoms with Gasteiger partial charge in [0.2, 0.25) is 0 Å². The van der Waals surface area contributed by atoms with Gasteiger partial charge in [-0.15, -0.1) is 11.8 Å². The number of hydrogen-bond donors (Lipinski definition) is 1. The number of nitrogen functional groups attached to an aromatic ring is 1. The van der Waals surface area contributed by atoms with Gasteiger partial charge in [-0.1, -0.05) is 6.07 Å². The van der Waals surface area contributed by atoms with Crippen LogP contribution < -0.4 is 5.73 Å². The van der Waals surface area contributed by atoms with Crippen molar-refractivity contribution >= 4 is 23.4 Å². The molecule has 0 atom stereocenters. The van der Waals surface area contributed by atoms with Crippen molar-refractivity contribution < 1.29 is 9.53 Å². The van der Waals surface area contributed by atoms with Crippen molar-refractivity contribution in [2.24, 2.45) is 0 Å². The third kappa shape index (κ3) is 3.83. The lowest BCUT2D eigenvalue weighted by atomic mass is 10.2. The van der Waals surface area contributed by atoms with Crippen LogP contribution >= 0.6 is 11.8 Å². The molecule has 0 saturated heterocycles. The Balaban J connectivity index is 2.47. The minimum atomic E-state index is -0.187. The number of carbonyl (C=O) groups is 1. The number of rotatable bonds is 4. The van der Waals surface area contributed by atoms with Gasteiger partial charge >= 0.3 is 5.97 Å². The van der Waals surface area contributed by atoms with Gasteiger partial charge in [-0.2, -0.15) is 0 Å². The van der Waals surface area contributed by atoms with E-state index in [0.29, 0.717) is 12.2 Å². The Morgan fingerprint density at radius 1 is 1.53 bits per heavy atom. The summed E-state index contributed by atoms with van der Waals surface area (Å²) in [6.45, 7) is 2.00. The van der Waals surface area contributed by atoms with Crippen molar-refractivity contribution in [2.45, 2.75) is 18.2 Å². The highest BCUT2D eigenvalue weighted by Crippen LogP contribution is 2.26. The number of hydrogen-bond acceptors (Lipinski definition) is 4. The molecular weight excluding hydrogens is 210 g/mol. The lowest BCUT2D eigenvalue weighted by Crippen LogP contribution is -2.01. The van der Waals surface area contributed by atoms with Gasteiger partial charge in [0.25, 0.3) is 0 Å². The first-order chi connectivity index (χ1) is 7.13. The number of ether oxygens (including phenoxy) is 1. The largest absolute Gasteiger partial charge is 0.469 e. The molecule has 0 aliphatic heterocycles. The summed E-state index contributed by atoms with van der Waals surface area (Å²) in [6.07, 6.45) is 0.411. The summed E-state index contributed by atoms with van der Waals surface area (Å²) >= 11 is 1.57. The number of methoxy groups -OCH3 is 1. The van der Waals surface area contributed by atoms with Crippen LogP contribution in [0.4, 0.5) is 5.69 Å². The van der Waals surface area contributed by atoms with Crippen molar-refractivity contribution in [1.29, 1.82) is 0 Å². The fourth-order valence-corrected chi connectivity index (χ4v) is 2.02. The zero-order chi connectivity index (χ0) is 11.3. The second-order valence-corrected chi connectivity index (χ2v) is 4.35. The smallest absolute Gasteiger partial charge is 0.306 e. The van der Waals surface area contributed by atoms with Crippen molar-refractivity contribution in [3.8, 4) is 0 Å². The molecule has 0 radical (unpaired) electrons. The van der Waals surface area contributed by atoms with Gasteiger partial charge in [0, 0.05) is 16.3 Å². The Bertz CT molecular complexity index is 352. The number of thioether (sulfide) groups is 1. The van der Waals surface area contributed by atoms with E-state index in [4.69, 9.17) is 5.73 Å². The van der Waals surface area contributed by atoms with Crippen molar-refractivity contribution in [3.05, 3.63) is 23.8 Å². The molecule has 4 heteroatoms. The molecule has 1 rings (SSSR count). The number of esters is 1. The maximum Gasteiger partial charge on any atom is 0.306 e. The van der Waals surface area contributed by atoms with Crippen molar-refractivity contribution in [3.63, 3.8) is 0 Å². The van der Waals surface area contributed by atoms with Gasteiger partial charge in [0.1, 0.15) is 0 Å². The highest BCUT2D eigenvalue weighted by Gasteiger charge is 2.03. The van der Waals surface area contributed by atoms with Crippen LogP contribution in [0.3, 0.4) is 0 Å². The molecule has 0 spiro atoms. The van der Waals surface area contributed by atoms with E-state index in [1.807, 2.05) is 25.1 Å². The Kier molecular flexibility index (Phi) is 4.49. The molecule has 0 saturated carbocycles. The van der Waals surface area contributed by atoms with Crippen LogP contribution in [0.25, 0.3) is 0 Å². The summed E-state index contributed by atoms with van der Waals surface area (Å²) in [5.74, 6) is 0.508. The molecule has 0 fully saturated rings. The number of aryl methyl sites for hydroxylation is 1. The third-order valence-electron chi connectivity index (χ3n) is 1.96. The van der Waals surface area contributed by atoms with Crippen molar-refractivity contribution in [2.75, 3.05) is 18.6 Å². The quantitative estimate of drug-likeness (QED) is 0.485. The second kappa shape index (κ2) is 5.66. The molecule has 15 heavy (non-hydrogen) atoms. The third-order valence-corrected chi connectivity index (χ3v) is 3.05. The number of benzene rings is 1. The number of nitrogens with two attached hydrogens (primary N) is 1. The molecule has 82 valence electrons. The van der Waals surface area contributed by atoms with E-state index in [2.05, 4.69) is 4.74 Å². The van der Waals surface area contributed by atoms with E-state index in [1.54, 1.807) is 11.8 Å². The lowest BCUT2D eigenvalue weighted by molar-refractivity contribution is -0.140. The van der Waals surface area contributed by atoms with Crippen LogP contribution in [0.5, 0.6) is 0 Å². The van der Waals surface area contributed by atoms with E-state index < -0.39 is 0 Å². The predicted molar refractivity (Wildman–Crippen MR) is 62.9 cm³/mol. The molecule has 0 aromatic heterocycles. The lowest BCUT2D eigenvalue weighted by Gasteiger charge is -2.05. The molecule has 1 aromatic carbocycles. The SMILES string of the molecule is COC(=O)CCSc1ccc(C)cc1N. The highest BCUT2D eigenvalue weighted by atomic mass is 32.2. The first-order valence-electron chi connectivity index (χ1n) is 4.69. The average Bonchev–Trinajstić information content (AvgIpc) is 2.21. The van der Waals surface area contributed by atoms with E-state index in [1.165, 1.54) is 7.11 Å². The van der Waals surface area contributed by atoms with E-state index in [-0.39, 0.29) is 5.97 Å².